The smallest absolute Gasteiger partial charge is 0.275 e. The van der Waals surface area contributed by atoms with E-state index in [4.69, 9.17) is 9.47 Å². The molecule has 5 rings (SSSR count). The normalized spacial score (nSPS) is 27.4. The molecule has 29 heavy (non-hydrogen) atoms. The van der Waals surface area contributed by atoms with Crippen LogP contribution in [-0.2, 0) is 14.3 Å². The summed E-state index contributed by atoms with van der Waals surface area (Å²) in [6.45, 7) is 1.86. The highest BCUT2D eigenvalue weighted by Crippen LogP contribution is 2.50. The highest BCUT2D eigenvalue weighted by molar-refractivity contribution is 6.23. The van der Waals surface area contributed by atoms with Gasteiger partial charge < -0.3 is 9.47 Å². The number of hydrogen-bond acceptors (Lipinski definition) is 6. The second-order valence-electron chi connectivity index (χ2n) is 7.66. The number of ether oxygens (including phenoxy) is 2. The summed E-state index contributed by atoms with van der Waals surface area (Å²) in [7, 11) is 0. The molecule has 3 saturated heterocycles. The lowest BCUT2D eigenvalue weighted by Crippen LogP contribution is -2.34. The van der Waals surface area contributed by atoms with Gasteiger partial charge in [-0.25, -0.2) is 4.90 Å². The van der Waals surface area contributed by atoms with Crippen molar-refractivity contribution in [3.05, 3.63) is 58.1 Å². The molecule has 0 N–H and O–H groups in total. The number of nitrogens with zero attached hydrogens (tertiary/aromatic N) is 2. The standard InChI is InChI=1S/C21H18N2O6/c1-11-4-2-3-5-15(11)28-14-9-12(8-13(10-14)23(26)27)22-20(24)18-16-6-7-17(29-16)19(18)21(22)25/h2-5,8-10,16-19H,6-7H2,1H3/t16-,17+,18-,19-/m0/s1. The molecule has 148 valence electrons. The van der Waals surface area contributed by atoms with E-state index in [2.05, 4.69) is 0 Å². The van der Waals surface area contributed by atoms with Crippen molar-refractivity contribution in [2.45, 2.75) is 32.0 Å². The van der Waals surface area contributed by atoms with Crippen molar-refractivity contribution in [1.29, 1.82) is 0 Å². The predicted molar refractivity (Wildman–Crippen MR) is 102 cm³/mol. The quantitative estimate of drug-likeness (QED) is 0.448. The van der Waals surface area contributed by atoms with Gasteiger partial charge in [-0.2, -0.15) is 0 Å². The van der Waals surface area contributed by atoms with Crippen LogP contribution in [0.5, 0.6) is 11.5 Å². The highest BCUT2D eigenvalue weighted by Gasteiger charge is 2.62. The number of carbonyl (C=O) groups is 2. The third kappa shape index (κ3) is 2.71. The summed E-state index contributed by atoms with van der Waals surface area (Å²) in [5, 5.41) is 11.5. The molecule has 2 amide bonds. The zero-order chi connectivity index (χ0) is 20.3. The third-order valence-electron chi connectivity index (χ3n) is 5.95. The monoisotopic (exact) mass is 394 g/mol. The minimum absolute atomic E-state index is 0.159. The Labute approximate surface area is 166 Å². The van der Waals surface area contributed by atoms with Crippen molar-refractivity contribution < 1.29 is 24.0 Å². The summed E-state index contributed by atoms with van der Waals surface area (Å²) in [5.74, 6) is -0.965. The number of nitro benzene ring substituents is 1. The minimum Gasteiger partial charge on any atom is -0.457 e. The van der Waals surface area contributed by atoms with Crippen LogP contribution in [-0.4, -0.2) is 28.9 Å². The van der Waals surface area contributed by atoms with Crippen molar-refractivity contribution >= 4 is 23.2 Å². The van der Waals surface area contributed by atoms with Gasteiger partial charge >= 0.3 is 0 Å². The van der Waals surface area contributed by atoms with Crippen LogP contribution < -0.4 is 9.64 Å². The molecule has 0 aliphatic carbocycles. The Morgan fingerprint density at radius 1 is 1.07 bits per heavy atom. The molecule has 8 heteroatoms. The number of carbonyl (C=O) groups excluding carboxylic acids is 2. The van der Waals surface area contributed by atoms with Gasteiger partial charge in [0.25, 0.3) is 5.69 Å². The summed E-state index contributed by atoms with van der Waals surface area (Å²) in [5.41, 5.74) is 0.770. The second kappa shape index (κ2) is 6.38. The molecule has 0 unspecified atom stereocenters. The molecule has 2 aromatic carbocycles. The van der Waals surface area contributed by atoms with Gasteiger partial charge in [-0.15, -0.1) is 0 Å². The van der Waals surface area contributed by atoms with Gasteiger partial charge in [-0.1, -0.05) is 18.2 Å². The Kier molecular flexibility index (Phi) is 3.92. The maximum Gasteiger partial charge on any atom is 0.275 e. The molecule has 2 bridgehead atoms. The summed E-state index contributed by atoms with van der Waals surface area (Å²) in [4.78, 5) is 38.0. The van der Waals surface area contributed by atoms with E-state index < -0.39 is 16.8 Å². The zero-order valence-corrected chi connectivity index (χ0v) is 15.6. The average Bonchev–Trinajstić information content (AvgIpc) is 3.37. The van der Waals surface area contributed by atoms with Crippen LogP contribution in [0, 0.1) is 28.9 Å². The van der Waals surface area contributed by atoms with Gasteiger partial charge in [0.15, 0.2) is 0 Å². The molecule has 4 atom stereocenters. The lowest BCUT2D eigenvalue weighted by molar-refractivity contribution is -0.384. The molecule has 3 heterocycles. The van der Waals surface area contributed by atoms with Gasteiger partial charge in [0, 0.05) is 12.1 Å². The van der Waals surface area contributed by atoms with Crippen molar-refractivity contribution in [3.63, 3.8) is 0 Å². The first-order valence-corrected chi connectivity index (χ1v) is 9.50. The number of hydrogen-bond donors (Lipinski definition) is 0. The molecule has 0 radical (unpaired) electrons. The van der Waals surface area contributed by atoms with Gasteiger partial charge in [-0.3, -0.25) is 19.7 Å². The van der Waals surface area contributed by atoms with Crippen LogP contribution in [0.15, 0.2) is 42.5 Å². The molecule has 3 aliphatic rings. The number of benzene rings is 2. The Bertz CT molecular complexity index is 1020. The molecule has 0 aromatic heterocycles. The molecular weight excluding hydrogens is 376 g/mol. The first kappa shape index (κ1) is 17.8. The van der Waals surface area contributed by atoms with E-state index in [1.54, 1.807) is 12.1 Å². The number of aryl methyl sites for hydroxylation is 1. The first-order valence-electron chi connectivity index (χ1n) is 9.50. The van der Waals surface area contributed by atoms with Crippen LogP contribution in [0.4, 0.5) is 11.4 Å². The Morgan fingerprint density at radius 2 is 1.72 bits per heavy atom. The Morgan fingerprint density at radius 3 is 2.34 bits per heavy atom. The fourth-order valence-electron chi connectivity index (χ4n) is 4.63. The highest BCUT2D eigenvalue weighted by atomic mass is 16.6. The number of imide groups is 1. The largest absolute Gasteiger partial charge is 0.457 e. The van der Waals surface area contributed by atoms with Crippen molar-refractivity contribution in [2.24, 2.45) is 11.8 Å². The van der Waals surface area contributed by atoms with E-state index in [0.717, 1.165) is 23.3 Å². The third-order valence-corrected chi connectivity index (χ3v) is 5.95. The topological polar surface area (TPSA) is 99.0 Å². The van der Waals surface area contributed by atoms with Crippen molar-refractivity contribution in [1.82, 2.24) is 0 Å². The number of fused-ring (bicyclic) bond motifs is 5. The van der Waals surface area contributed by atoms with E-state index in [1.807, 2.05) is 19.1 Å². The lowest BCUT2D eigenvalue weighted by Gasteiger charge is -2.18. The molecule has 0 spiro atoms. The maximum atomic E-state index is 13.0. The SMILES string of the molecule is Cc1ccccc1Oc1cc(N2C(=O)[C@@H]3[C@@H](C2=O)[C@H]2CC[C@@H]3O2)cc([N+](=O)[O-])c1. The van der Waals surface area contributed by atoms with Crippen molar-refractivity contribution in [3.8, 4) is 11.5 Å². The lowest BCUT2D eigenvalue weighted by atomic mass is 9.81. The van der Waals surface area contributed by atoms with Crippen LogP contribution >= 0.6 is 0 Å². The Balaban J connectivity index is 1.54. The molecule has 3 aliphatic heterocycles. The zero-order valence-electron chi connectivity index (χ0n) is 15.6. The van der Waals surface area contributed by atoms with Gasteiger partial charge in [0.05, 0.1) is 40.7 Å². The fraction of sp³-hybridized carbons (Fsp3) is 0.333. The molecule has 8 nitrogen and oxygen atoms in total. The Hall–Kier alpha value is -3.26. The van der Waals surface area contributed by atoms with E-state index >= 15 is 0 Å². The number of para-hydroxylation sites is 1. The summed E-state index contributed by atoms with van der Waals surface area (Å²) in [6.07, 6.45) is 1.03. The fourth-order valence-corrected chi connectivity index (χ4v) is 4.63. The molecular formula is C21H18N2O6. The van der Waals surface area contributed by atoms with Crippen LogP contribution in [0.3, 0.4) is 0 Å². The van der Waals surface area contributed by atoms with E-state index in [9.17, 15) is 19.7 Å². The van der Waals surface area contributed by atoms with Gasteiger partial charge in [0.1, 0.15) is 11.5 Å². The summed E-state index contributed by atoms with van der Waals surface area (Å²) < 4.78 is 11.6. The summed E-state index contributed by atoms with van der Waals surface area (Å²) >= 11 is 0. The second-order valence-corrected chi connectivity index (χ2v) is 7.66. The van der Waals surface area contributed by atoms with Crippen molar-refractivity contribution in [2.75, 3.05) is 4.90 Å². The molecule has 0 saturated carbocycles. The van der Waals surface area contributed by atoms with Crippen LogP contribution in [0.25, 0.3) is 0 Å². The molecule has 2 aromatic rings. The summed E-state index contributed by atoms with van der Waals surface area (Å²) in [6, 6.07) is 11.3. The van der Waals surface area contributed by atoms with Crippen LogP contribution in [0.2, 0.25) is 0 Å². The van der Waals surface area contributed by atoms with E-state index in [0.29, 0.717) is 5.75 Å². The first-order chi connectivity index (χ1) is 13.9. The van der Waals surface area contributed by atoms with Gasteiger partial charge in [0.2, 0.25) is 11.8 Å². The van der Waals surface area contributed by atoms with E-state index in [-0.39, 0.29) is 41.1 Å². The number of rotatable bonds is 4. The molecule has 3 fully saturated rings. The number of anilines is 1. The minimum atomic E-state index is -0.563. The van der Waals surface area contributed by atoms with E-state index in [1.165, 1.54) is 18.2 Å². The predicted octanol–water partition coefficient (Wildman–Crippen LogP) is 3.36. The number of amides is 2. The number of non-ortho nitro benzene ring substituents is 1. The average molecular weight is 394 g/mol. The van der Waals surface area contributed by atoms with Gasteiger partial charge in [-0.05, 0) is 31.4 Å². The number of nitro groups is 1. The van der Waals surface area contributed by atoms with Crippen LogP contribution in [0.1, 0.15) is 18.4 Å². The maximum absolute atomic E-state index is 13.0.